The van der Waals surface area contributed by atoms with Crippen molar-refractivity contribution >= 4 is 28.9 Å². The summed E-state index contributed by atoms with van der Waals surface area (Å²) in [4.78, 5) is 0. The van der Waals surface area contributed by atoms with Gasteiger partial charge in [-0.05, 0) is 36.3 Å². The van der Waals surface area contributed by atoms with Crippen LogP contribution < -0.4 is 0 Å². The minimum atomic E-state index is -1.93. The van der Waals surface area contributed by atoms with Gasteiger partial charge in [0.25, 0.3) is 6.69 Å². The average Bonchev–Trinajstić information content (AvgIpc) is 2.63. The lowest BCUT2D eigenvalue weighted by atomic mass is 10.1. The monoisotopic (exact) mass is 234 g/mol. The van der Waals surface area contributed by atoms with Gasteiger partial charge in [0.05, 0.1) is 0 Å². The van der Waals surface area contributed by atoms with Crippen LogP contribution in [0, 0.1) is 11.8 Å². The van der Waals surface area contributed by atoms with E-state index in [1.807, 2.05) is 0 Å². The van der Waals surface area contributed by atoms with E-state index in [0.717, 1.165) is 24.3 Å². The van der Waals surface area contributed by atoms with Crippen LogP contribution in [0.5, 0.6) is 0 Å². The first-order valence-electron chi connectivity index (χ1n) is 5.19. The van der Waals surface area contributed by atoms with Gasteiger partial charge in [-0.15, -0.1) is 22.2 Å². The van der Waals surface area contributed by atoms with Gasteiger partial charge in [-0.1, -0.05) is 25.5 Å². The summed E-state index contributed by atoms with van der Waals surface area (Å²) in [6.45, 7) is 0.245. The third kappa shape index (κ3) is 1.84. The van der Waals surface area contributed by atoms with E-state index in [2.05, 4.69) is 19.1 Å². The molecule has 3 unspecified atom stereocenters. The highest BCUT2D eigenvalue weighted by Crippen LogP contribution is 2.55. The summed E-state index contributed by atoms with van der Waals surface area (Å²) >= 11 is 13.0. The molecule has 1 saturated carbocycles. The quantitative estimate of drug-likeness (QED) is 0.389. The molecular formula is C10H16Cl2Si. The molecule has 0 heterocycles. The van der Waals surface area contributed by atoms with Gasteiger partial charge in [0.15, 0.2) is 0 Å². The first-order chi connectivity index (χ1) is 6.13. The molecule has 2 rings (SSSR count). The third-order valence-corrected chi connectivity index (χ3v) is 9.14. The highest BCUT2D eigenvalue weighted by atomic mass is 35.7. The topological polar surface area (TPSA) is 0 Å². The normalized spacial score (nSPS) is 37.3. The van der Waals surface area contributed by atoms with Gasteiger partial charge < -0.3 is 0 Å². The lowest BCUT2D eigenvalue weighted by molar-refractivity contribution is 0.681. The van der Waals surface area contributed by atoms with E-state index < -0.39 is 6.69 Å². The zero-order valence-corrected chi connectivity index (χ0v) is 10.5. The highest BCUT2D eigenvalue weighted by molar-refractivity contribution is 7.46. The van der Waals surface area contributed by atoms with Crippen molar-refractivity contribution in [2.75, 3.05) is 0 Å². The Morgan fingerprint density at radius 1 is 1.31 bits per heavy atom. The summed E-state index contributed by atoms with van der Waals surface area (Å²) in [5.41, 5.74) is 0.644. The van der Waals surface area contributed by atoms with Crippen molar-refractivity contribution in [3.63, 3.8) is 0 Å². The molecule has 0 aromatic rings. The van der Waals surface area contributed by atoms with Crippen molar-refractivity contribution in [3.05, 3.63) is 12.2 Å². The van der Waals surface area contributed by atoms with Crippen molar-refractivity contribution in [2.24, 2.45) is 11.8 Å². The molecule has 2 aliphatic rings. The molecule has 0 aromatic carbocycles. The van der Waals surface area contributed by atoms with E-state index in [-0.39, 0.29) is 0 Å². The fourth-order valence-corrected chi connectivity index (χ4v) is 7.98. The van der Waals surface area contributed by atoms with Crippen molar-refractivity contribution in [2.45, 2.75) is 37.8 Å². The van der Waals surface area contributed by atoms with Crippen LogP contribution >= 0.6 is 22.2 Å². The second-order valence-corrected chi connectivity index (χ2v) is 11.8. The highest BCUT2D eigenvalue weighted by Gasteiger charge is 2.48. The number of rotatable bonds is 3. The third-order valence-electron chi connectivity index (χ3n) is 3.40. The number of hydrogen-bond acceptors (Lipinski definition) is 0. The standard InChI is InChI=1S/C10H16Cl2Si/c1-2-5-13(11,12)10-7-8-3-4-9(10)6-8/h3-4,8-10H,2,5-7H2,1H3. The predicted molar refractivity (Wildman–Crippen MR) is 61.7 cm³/mol. The Kier molecular flexibility index (Phi) is 2.79. The molecule has 0 radical (unpaired) electrons. The molecule has 0 saturated heterocycles. The minimum absolute atomic E-state index is 0.644. The van der Waals surface area contributed by atoms with Gasteiger partial charge in [0.2, 0.25) is 0 Å². The maximum absolute atomic E-state index is 6.51. The first kappa shape index (κ1) is 10.1. The van der Waals surface area contributed by atoms with E-state index in [0.29, 0.717) is 5.54 Å². The maximum Gasteiger partial charge on any atom is 0.254 e. The van der Waals surface area contributed by atoms with Gasteiger partial charge in [0.1, 0.15) is 0 Å². The van der Waals surface area contributed by atoms with Gasteiger partial charge in [-0.2, -0.15) is 0 Å². The number of hydrogen-bond donors (Lipinski definition) is 0. The minimum Gasteiger partial charge on any atom is -0.146 e. The fourth-order valence-electron chi connectivity index (χ4n) is 2.79. The Balaban J connectivity index is 2.05. The Hall–Kier alpha value is 0.537. The van der Waals surface area contributed by atoms with Crippen LogP contribution in [0.3, 0.4) is 0 Å². The van der Waals surface area contributed by atoms with E-state index in [9.17, 15) is 0 Å². The first-order valence-corrected chi connectivity index (χ1v) is 9.50. The molecule has 0 spiro atoms. The average molecular weight is 235 g/mol. The summed E-state index contributed by atoms with van der Waals surface area (Å²) in [5, 5.41) is 0. The Bertz CT molecular complexity index is 225. The van der Waals surface area contributed by atoms with E-state index in [4.69, 9.17) is 22.2 Å². The summed E-state index contributed by atoms with van der Waals surface area (Å²) in [6, 6.07) is 1.07. The second-order valence-electron chi connectivity index (χ2n) is 4.40. The van der Waals surface area contributed by atoms with Gasteiger partial charge in [-0.25, -0.2) is 0 Å². The fraction of sp³-hybridized carbons (Fsp3) is 0.800. The van der Waals surface area contributed by atoms with Crippen molar-refractivity contribution in [1.82, 2.24) is 0 Å². The lowest BCUT2D eigenvalue weighted by Crippen LogP contribution is -2.29. The number of allylic oxidation sites excluding steroid dienone is 2. The Morgan fingerprint density at radius 3 is 2.54 bits per heavy atom. The van der Waals surface area contributed by atoms with E-state index in [1.54, 1.807) is 0 Å². The molecule has 3 atom stereocenters. The lowest BCUT2D eigenvalue weighted by Gasteiger charge is -2.28. The number of halogens is 2. The molecule has 3 heteroatoms. The van der Waals surface area contributed by atoms with Gasteiger partial charge >= 0.3 is 0 Å². The summed E-state index contributed by atoms with van der Waals surface area (Å²) in [6.07, 6.45) is 8.42. The largest absolute Gasteiger partial charge is 0.254 e. The van der Waals surface area contributed by atoms with E-state index in [1.165, 1.54) is 12.8 Å². The molecule has 74 valence electrons. The Labute approximate surface area is 90.7 Å². The number of fused-ring (bicyclic) bond motifs is 2. The summed E-state index contributed by atoms with van der Waals surface area (Å²) in [5.74, 6) is 1.52. The van der Waals surface area contributed by atoms with Crippen molar-refractivity contribution in [1.29, 1.82) is 0 Å². The maximum atomic E-state index is 6.51. The molecule has 0 aliphatic heterocycles. The van der Waals surface area contributed by atoms with E-state index >= 15 is 0 Å². The van der Waals surface area contributed by atoms with Crippen LogP contribution in [0.15, 0.2) is 12.2 Å². The summed E-state index contributed by atoms with van der Waals surface area (Å²) in [7, 11) is 0. The van der Waals surface area contributed by atoms with Gasteiger partial charge in [-0.3, -0.25) is 0 Å². The molecule has 0 amide bonds. The molecule has 0 N–H and O–H groups in total. The van der Waals surface area contributed by atoms with Gasteiger partial charge in [0, 0.05) is 0 Å². The molecular weight excluding hydrogens is 219 g/mol. The smallest absolute Gasteiger partial charge is 0.146 e. The zero-order chi connectivity index (χ0) is 9.47. The van der Waals surface area contributed by atoms with Crippen molar-refractivity contribution < 1.29 is 0 Å². The Morgan fingerprint density at radius 2 is 2.08 bits per heavy atom. The SMILES string of the molecule is CCC[Si](Cl)(Cl)C1CC2C=CC1C2. The van der Waals surface area contributed by atoms with Crippen LogP contribution in [-0.2, 0) is 0 Å². The van der Waals surface area contributed by atoms with Crippen LogP contribution in [0.1, 0.15) is 26.2 Å². The summed E-state index contributed by atoms with van der Waals surface area (Å²) < 4.78 is 0. The van der Waals surface area contributed by atoms with Crippen LogP contribution in [0.2, 0.25) is 11.6 Å². The molecule has 2 bridgehead atoms. The van der Waals surface area contributed by atoms with Crippen LogP contribution in [-0.4, -0.2) is 6.69 Å². The van der Waals surface area contributed by atoms with Crippen molar-refractivity contribution in [3.8, 4) is 0 Å². The molecule has 0 aromatic heterocycles. The molecule has 0 nitrogen and oxygen atoms in total. The molecule has 2 aliphatic carbocycles. The zero-order valence-electron chi connectivity index (χ0n) is 7.97. The second kappa shape index (κ2) is 3.60. The van der Waals surface area contributed by atoms with Crippen LogP contribution in [0.4, 0.5) is 0 Å². The van der Waals surface area contributed by atoms with Crippen LogP contribution in [0.25, 0.3) is 0 Å². The molecule has 1 fully saturated rings. The predicted octanol–water partition coefficient (Wildman–Crippen LogP) is 4.28. The molecule has 13 heavy (non-hydrogen) atoms.